The molecule has 3 nitrogen and oxygen atoms in total. The number of hydrogen-bond donors (Lipinski definition) is 2. The van der Waals surface area contributed by atoms with Gasteiger partial charge in [0.1, 0.15) is 0 Å². The van der Waals surface area contributed by atoms with Gasteiger partial charge in [0.15, 0.2) is 0 Å². The first-order chi connectivity index (χ1) is 8.20. The van der Waals surface area contributed by atoms with Crippen LogP contribution in [0.25, 0.3) is 0 Å². The van der Waals surface area contributed by atoms with E-state index in [0.717, 1.165) is 25.9 Å². The van der Waals surface area contributed by atoms with Gasteiger partial charge in [0, 0.05) is 25.7 Å². The largest absolute Gasteiger partial charge is 0.393 e. The number of nitrogens with two attached hydrogens (primary N) is 1. The molecule has 1 aromatic rings. The molecule has 0 amide bonds. The molecule has 0 saturated carbocycles. The maximum absolute atomic E-state index is 9.54. The maximum Gasteiger partial charge on any atom is 0.0564 e. The highest BCUT2D eigenvalue weighted by Crippen LogP contribution is 2.24. The molecule has 0 radical (unpaired) electrons. The summed E-state index contributed by atoms with van der Waals surface area (Å²) >= 11 is 0. The minimum Gasteiger partial charge on any atom is -0.393 e. The Balaban J connectivity index is 2.10. The second-order valence-corrected chi connectivity index (χ2v) is 4.93. The third-order valence-corrected chi connectivity index (χ3v) is 3.59. The molecule has 2 rings (SSSR count). The monoisotopic (exact) mass is 234 g/mol. The highest BCUT2D eigenvalue weighted by molar-refractivity contribution is 5.25. The number of benzene rings is 1. The number of rotatable bonds is 3. The first-order valence-electron chi connectivity index (χ1n) is 6.39. The zero-order chi connectivity index (χ0) is 12.3. The Hall–Kier alpha value is -0.900. The molecule has 1 fully saturated rings. The summed E-state index contributed by atoms with van der Waals surface area (Å²) in [7, 11) is 0. The van der Waals surface area contributed by atoms with Gasteiger partial charge in [0.05, 0.1) is 6.10 Å². The van der Waals surface area contributed by atoms with Crippen LogP contribution >= 0.6 is 0 Å². The van der Waals surface area contributed by atoms with Crippen molar-refractivity contribution in [2.75, 3.05) is 19.6 Å². The minimum absolute atomic E-state index is 0.123. The smallest absolute Gasteiger partial charge is 0.0564 e. The number of hydrogen-bond acceptors (Lipinski definition) is 3. The predicted octanol–water partition coefficient (Wildman–Crippen LogP) is 1.45. The van der Waals surface area contributed by atoms with E-state index < -0.39 is 0 Å². The molecule has 1 unspecified atom stereocenters. The lowest BCUT2D eigenvalue weighted by Crippen LogP contribution is -2.41. The quantitative estimate of drug-likeness (QED) is 0.832. The maximum atomic E-state index is 9.54. The number of aliphatic hydroxyl groups excluding tert-OH is 1. The van der Waals surface area contributed by atoms with E-state index in [1.807, 2.05) is 0 Å². The average Bonchev–Trinajstić information content (AvgIpc) is 2.33. The Morgan fingerprint density at radius 2 is 2.12 bits per heavy atom. The van der Waals surface area contributed by atoms with Crippen molar-refractivity contribution in [3.05, 3.63) is 35.4 Å². The van der Waals surface area contributed by atoms with E-state index in [-0.39, 0.29) is 6.10 Å². The van der Waals surface area contributed by atoms with Crippen LogP contribution < -0.4 is 5.73 Å². The van der Waals surface area contributed by atoms with Gasteiger partial charge in [0.2, 0.25) is 0 Å². The Labute approximate surface area is 103 Å². The second-order valence-electron chi connectivity index (χ2n) is 4.93. The third-order valence-electron chi connectivity index (χ3n) is 3.59. The minimum atomic E-state index is -0.123. The Bertz CT molecular complexity index is 359. The Kier molecular flexibility index (Phi) is 4.15. The molecule has 1 heterocycles. The van der Waals surface area contributed by atoms with Crippen molar-refractivity contribution in [3.63, 3.8) is 0 Å². The summed E-state index contributed by atoms with van der Waals surface area (Å²) in [5, 5.41) is 9.54. The molecule has 94 valence electrons. The van der Waals surface area contributed by atoms with E-state index >= 15 is 0 Å². The van der Waals surface area contributed by atoms with Crippen molar-refractivity contribution in [1.29, 1.82) is 0 Å². The van der Waals surface area contributed by atoms with Crippen LogP contribution in [0.1, 0.15) is 30.0 Å². The van der Waals surface area contributed by atoms with Crippen molar-refractivity contribution < 1.29 is 5.11 Å². The van der Waals surface area contributed by atoms with E-state index in [2.05, 4.69) is 36.1 Å². The molecule has 3 N–H and O–H groups in total. The van der Waals surface area contributed by atoms with Gasteiger partial charge in [-0.25, -0.2) is 0 Å². The summed E-state index contributed by atoms with van der Waals surface area (Å²) in [5.41, 5.74) is 8.49. The summed E-state index contributed by atoms with van der Waals surface area (Å²) in [6, 6.07) is 8.85. The van der Waals surface area contributed by atoms with Crippen LogP contribution in [0.2, 0.25) is 0 Å². The van der Waals surface area contributed by atoms with Crippen molar-refractivity contribution in [1.82, 2.24) is 4.90 Å². The van der Waals surface area contributed by atoms with E-state index in [0.29, 0.717) is 12.6 Å². The summed E-state index contributed by atoms with van der Waals surface area (Å²) in [4.78, 5) is 2.39. The fourth-order valence-electron chi connectivity index (χ4n) is 2.57. The van der Waals surface area contributed by atoms with Crippen molar-refractivity contribution in [2.45, 2.75) is 31.9 Å². The average molecular weight is 234 g/mol. The van der Waals surface area contributed by atoms with Crippen molar-refractivity contribution >= 4 is 0 Å². The van der Waals surface area contributed by atoms with Gasteiger partial charge in [-0.05, 0) is 25.3 Å². The number of nitrogens with zero attached hydrogens (tertiary/aromatic N) is 1. The number of piperidine rings is 1. The highest BCUT2D eigenvalue weighted by Gasteiger charge is 2.24. The molecule has 17 heavy (non-hydrogen) atoms. The van der Waals surface area contributed by atoms with Crippen LogP contribution in [0.3, 0.4) is 0 Å². The third kappa shape index (κ3) is 3.06. The van der Waals surface area contributed by atoms with E-state index in [9.17, 15) is 5.11 Å². The molecular formula is C14H22N2O. The molecule has 0 spiro atoms. The molecule has 1 aliphatic rings. The van der Waals surface area contributed by atoms with Crippen LogP contribution in [0.4, 0.5) is 0 Å². The van der Waals surface area contributed by atoms with Crippen LogP contribution in [-0.4, -0.2) is 35.7 Å². The topological polar surface area (TPSA) is 49.5 Å². The molecule has 0 bridgehead atoms. The predicted molar refractivity (Wildman–Crippen MR) is 69.8 cm³/mol. The van der Waals surface area contributed by atoms with Gasteiger partial charge in [-0.1, -0.05) is 29.8 Å². The molecule has 1 atom stereocenters. The fraction of sp³-hybridized carbons (Fsp3) is 0.571. The van der Waals surface area contributed by atoms with Crippen LogP contribution in [0.5, 0.6) is 0 Å². The molecule has 1 saturated heterocycles. The van der Waals surface area contributed by atoms with Gasteiger partial charge >= 0.3 is 0 Å². The number of aliphatic hydroxyl groups is 1. The van der Waals surface area contributed by atoms with Crippen LogP contribution in [-0.2, 0) is 0 Å². The molecule has 1 aromatic carbocycles. The molecule has 0 aliphatic carbocycles. The lowest BCUT2D eigenvalue weighted by molar-refractivity contribution is 0.0622. The zero-order valence-electron chi connectivity index (χ0n) is 10.5. The Morgan fingerprint density at radius 1 is 1.41 bits per heavy atom. The summed E-state index contributed by atoms with van der Waals surface area (Å²) < 4.78 is 0. The molecule has 3 heteroatoms. The van der Waals surface area contributed by atoms with E-state index in [1.54, 1.807) is 0 Å². The normalized spacial score (nSPS) is 20.4. The van der Waals surface area contributed by atoms with Gasteiger partial charge in [-0.15, -0.1) is 0 Å². The standard InChI is InChI=1S/C14H22N2O/c1-11-3-2-4-12(9-11)14(10-15)16-7-5-13(17)6-8-16/h2-4,9,13-14,17H,5-8,10,15H2,1H3. The first-order valence-corrected chi connectivity index (χ1v) is 6.39. The van der Waals surface area contributed by atoms with Gasteiger partial charge in [0.25, 0.3) is 0 Å². The number of aryl methyl sites for hydroxylation is 1. The van der Waals surface area contributed by atoms with E-state index in [1.165, 1.54) is 11.1 Å². The summed E-state index contributed by atoms with van der Waals surface area (Å²) in [5.74, 6) is 0. The van der Waals surface area contributed by atoms with Crippen LogP contribution in [0, 0.1) is 6.92 Å². The fourth-order valence-corrected chi connectivity index (χ4v) is 2.57. The molecule has 0 aromatic heterocycles. The van der Waals surface area contributed by atoms with Gasteiger partial charge < -0.3 is 10.8 Å². The van der Waals surface area contributed by atoms with Crippen molar-refractivity contribution in [2.24, 2.45) is 5.73 Å². The first kappa shape index (κ1) is 12.6. The number of likely N-dealkylation sites (tertiary alicyclic amines) is 1. The van der Waals surface area contributed by atoms with Gasteiger partial charge in [-0.3, -0.25) is 4.90 Å². The van der Waals surface area contributed by atoms with Crippen LogP contribution in [0.15, 0.2) is 24.3 Å². The highest BCUT2D eigenvalue weighted by atomic mass is 16.3. The molecular weight excluding hydrogens is 212 g/mol. The zero-order valence-corrected chi connectivity index (χ0v) is 10.5. The lowest BCUT2D eigenvalue weighted by Gasteiger charge is -2.36. The lowest BCUT2D eigenvalue weighted by atomic mass is 9.99. The molecule has 1 aliphatic heterocycles. The summed E-state index contributed by atoms with van der Waals surface area (Å²) in [6.45, 7) is 4.63. The van der Waals surface area contributed by atoms with Crippen molar-refractivity contribution in [3.8, 4) is 0 Å². The van der Waals surface area contributed by atoms with E-state index in [4.69, 9.17) is 5.73 Å². The Morgan fingerprint density at radius 3 is 2.71 bits per heavy atom. The SMILES string of the molecule is Cc1cccc(C(CN)N2CCC(O)CC2)c1. The van der Waals surface area contributed by atoms with Gasteiger partial charge in [-0.2, -0.15) is 0 Å². The second kappa shape index (κ2) is 5.63. The summed E-state index contributed by atoms with van der Waals surface area (Å²) in [6.07, 6.45) is 1.60.